The summed E-state index contributed by atoms with van der Waals surface area (Å²) < 4.78 is 11.9. The Kier molecular flexibility index (Phi) is 5.08. The molecule has 0 atom stereocenters. The number of ether oxygens (including phenoxy) is 2. The van der Waals surface area contributed by atoms with Crippen molar-refractivity contribution in [1.82, 2.24) is 0 Å². The molecule has 0 spiro atoms. The molecule has 0 aliphatic carbocycles. The number of hydrogen-bond donors (Lipinski definition) is 1. The lowest BCUT2D eigenvalue weighted by Gasteiger charge is -2.30. The minimum atomic E-state index is -0.841. The highest BCUT2D eigenvalue weighted by molar-refractivity contribution is 9.10. The number of hydrogen-bond acceptors (Lipinski definition) is 3. The van der Waals surface area contributed by atoms with Gasteiger partial charge in [0.05, 0.1) is 20.6 Å². The first-order valence-corrected chi connectivity index (χ1v) is 7.09. The second-order valence-corrected chi connectivity index (χ2v) is 6.25. The lowest BCUT2D eigenvalue weighted by atomic mass is 9.78. The van der Waals surface area contributed by atoms with Gasteiger partial charge in [-0.3, -0.25) is 4.79 Å². The number of carbonyl (C=O) groups is 1. The fourth-order valence-electron chi connectivity index (χ4n) is 2.67. The van der Waals surface area contributed by atoms with E-state index in [1.165, 1.54) is 0 Å². The zero-order chi connectivity index (χ0) is 15.7. The molecule has 1 aromatic rings. The highest BCUT2D eigenvalue weighted by Gasteiger charge is 2.33. The van der Waals surface area contributed by atoms with Gasteiger partial charge in [-0.1, -0.05) is 29.8 Å². The third-order valence-electron chi connectivity index (χ3n) is 3.49. The summed E-state index contributed by atoms with van der Waals surface area (Å²) in [6.45, 7) is 7.69. The molecule has 20 heavy (non-hydrogen) atoms. The molecule has 0 amide bonds. The Morgan fingerprint density at radius 2 is 1.65 bits per heavy atom. The van der Waals surface area contributed by atoms with Crippen LogP contribution in [-0.2, 0) is 10.2 Å². The monoisotopic (exact) mass is 344 g/mol. The van der Waals surface area contributed by atoms with Crippen molar-refractivity contribution in [2.45, 2.75) is 39.5 Å². The number of halogens is 1. The van der Waals surface area contributed by atoms with Gasteiger partial charge >= 0.3 is 5.97 Å². The molecule has 0 unspecified atom stereocenters. The van der Waals surface area contributed by atoms with Crippen LogP contribution in [0.1, 0.15) is 37.0 Å². The predicted molar refractivity (Wildman–Crippen MR) is 82.0 cm³/mol. The Morgan fingerprint density at radius 1 is 1.15 bits per heavy atom. The Bertz CT molecular complexity index is 535. The zero-order valence-corrected chi connectivity index (χ0v) is 14.3. The summed E-state index contributed by atoms with van der Waals surface area (Å²) in [4.78, 5) is 11.1. The summed E-state index contributed by atoms with van der Waals surface area (Å²) in [5, 5.41) is 9.13. The number of carboxylic acid groups (broad SMARTS) is 1. The van der Waals surface area contributed by atoms with Crippen LogP contribution < -0.4 is 9.47 Å². The largest absolute Gasteiger partial charge is 0.493 e. The van der Waals surface area contributed by atoms with E-state index in [2.05, 4.69) is 15.9 Å². The molecule has 0 fully saturated rings. The highest BCUT2D eigenvalue weighted by Crippen LogP contribution is 2.47. The first kappa shape index (κ1) is 16.8. The fourth-order valence-corrected chi connectivity index (χ4v) is 3.05. The molecule has 4 nitrogen and oxygen atoms in total. The van der Waals surface area contributed by atoms with Crippen LogP contribution in [0.15, 0.2) is 4.47 Å². The molecule has 0 heterocycles. The van der Waals surface area contributed by atoms with Crippen molar-refractivity contribution in [2.24, 2.45) is 0 Å². The van der Waals surface area contributed by atoms with E-state index in [0.717, 1.165) is 21.2 Å². The van der Waals surface area contributed by atoms with E-state index in [9.17, 15) is 4.79 Å². The lowest BCUT2D eigenvalue weighted by Crippen LogP contribution is -2.24. The lowest BCUT2D eigenvalue weighted by molar-refractivity contribution is -0.138. The van der Waals surface area contributed by atoms with Crippen LogP contribution in [0.2, 0.25) is 0 Å². The minimum absolute atomic E-state index is 0.0167. The predicted octanol–water partition coefficient (Wildman–Crippen LogP) is 3.84. The van der Waals surface area contributed by atoms with Gasteiger partial charge in [0.2, 0.25) is 0 Å². The van der Waals surface area contributed by atoms with E-state index in [1.54, 1.807) is 14.2 Å². The Hall–Kier alpha value is -1.23. The maximum absolute atomic E-state index is 11.1. The number of aliphatic carboxylic acids is 1. The van der Waals surface area contributed by atoms with Crippen molar-refractivity contribution in [3.8, 4) is 11.5 Å². The van der Waals surface area contributed by atoms with Crippen LogP contribution in [0, 0.1) is 13.8 Å². The Labute approximate surface area is 128 Å². The van der Waals surface area contributed by atoms with Crippen molar-refractivity contribution >= 4 is 21.9 Å². The molecule has 0 aromatic heterocycles. The molecule has 1 N–H and O–H groups in total. The van der Waals surface area contributed by atoms with Crippen molar-refractivity contribution in [1.29, 1.82) is 0 Å². The minimum Gasteiger partial charge on any atom is -0.493 e. The van der Waals surface area contributed by atoms with Gasteiger partial charge < -0.3 is 14.6 Å². The van der Waals surface area contributed by atoms with Gasteiger partial charge in [0.25, 0.3) is 0 Å². The second-order valence-electron chi connectivity index (χ2n) is 5.46. The summed E-state index contributed by atoms with van der Waals surface area (Å²) in [6, 6.07) is 0. The fraction of sp³-hybridized carbons (Fsp3) is 0.533. The quantitative estimate of drug-likeness (QED) is 0.881. The maximum Gasteiger partial charge on any atom is 0.304 e. The average Bonchev–Trinajstić information content (AvgIpc) is 2.33. The van der Waals surface area contributed by atoms with Crippen LogP contribution >= 0.6 is 15.9 Å². The molecule has 0 aliphatic rings. The van der Waals surface area contributed by atoms with E-state index in [0.29, 0.717) is 11.5 Å². The van der Waals surface area contributed by atoms with E-state index in [1.807, 2.05) is 27.7 Å². The highest BCUT2D eigenvalue weighted by atomic mass is 79.9. The summed E-state index contributed by atoms with van der Waals surface area (Å²) in [6.07, 6.45) is 0.0167. The van der Waals surface area contributed by atoms with Gasteiger partial charge in [-0.05, 0) is 19.4 Å². The van der Waals surface area contributed by atoms with Crippen molar-refractivity contribution in [3.63, 3.8) is 0 Å². The molecule has 0 saturated carbocycles. The molecule has 0 radical (unpaired) electrons. The van der Waals surface area contributed by atoms with Gasteiger partial charge in [0, 0.05) is 21.0 Å². The van der Waals surface area contributed by atoms with Crippen LogP contribution in [0.5, 0.6) is 11.5 Å². The molecular weight excluding hydrogens is 324 g/mol. The van der Waals surface area contributed by atoms with E-state index in [4.69, 9.17) is 14.6 Å². The van der Waals surface area contributed by atoms with E-state index in [-0.39, 0.29) is 6.42 Å². The standard InChI is InChI=1S/C15H21BrO4/c1-8-11(15(3,4)7-10(17)18)14(20-6)13(19-5)9(2)12(8)16/h7H2,1-6H3,(H,17,18). The molecule has 0 aliphatic heterocycles. The van der Waals surface area contributed by atoms with E-state index >= 15 is 0 Å². The normalized spacial score (nSPS) is 11.3. The smallest absolute Gasteiger partial charge is 0.304 e. The van der Waals surface area contributed by atoms with Gasteiger partial charge in [-0.15, -0.1) is 0 Å². The molecule has 5 heteroatoms. The SMILES string of the molecule is COc1c(C)c(Br)c(C)c(C(C)(C)CC(=O)O)c1OC. The number of benzene rings is 1. The first-order chi connectivity index (χ1) is 9.17. The molecule has 0 saturated heterocycles. The number of carboxylic acids is 1. The molecule has 0 bridgehead atoms. The van der Waals surface area contributed by atoms with Gasteiger partial charge in [0.1, 0.15) is 0 Å². The average molecular weight is 345 g/mol. The van der Waals surface area contributed by atoms with Crippen LogP contribution in [0.4, 0.5) is 0 Å². The Morgan fingerprint density at radius 3 is 2.05 bits per heavy atom. The molecule has 1 rings (SSSR count). The number of rotatable bonds is 5. The molecule has 112 valence electrons. The van der Waals surface area contributed by atoms with Gasteiger partial charge in [-0.2, -0.15) is 0 Å². The van der Waals surface area contributed by atoms with Crippen molar-refractivity contribution < 1.29 is 19.4 Å². The maximum atomic E-state index is 11.1. The van der Waals surface area contributed by atoms with Crippen molar-refractivity contribution in [2.75, 3.05) is 14.2 Å². The third-order valence-corrected chi connectivity index (χ3v) is 4.68. The first-order valence-electron chi connectivity index (χ1n) is 6.30. The summed E-state index contributed by atoms with van der Waals surface area (Å²) in [7, 11) is 3.16. The van der Waals surface area contributed by atoms with Crippen LogP contribution in [-0.4, -0.2) is 25.3 Å². The van der Waals surface area contributed by atoms with Gasteiger partial charge in [-0.25, -0.2) is 0 Å². The molecular formula is C15H21BrO4. The summed E-state index contributed by atoms with van der Waals surface area (Å²) in [5.41, 5.74) is 2.21. The number of methoxy groups -OCH3 is 2. The third kappa shape index (κ3) is 2.92. The molecule has 1 aromatic carbocycles. The van der Waals surface area contributed by atoms with E-state index < -0.39 is 11.4 Å². The van der Waals surface area contributed by atoms with Crippen LogP contribution in [0.3, 0.4) is 0 Å². The zero-order valence-electron chi connectivity index (χ0n) is 12.8. The van der Waals surface area contributed by atoms with Crippen molar-refractivity contribution in [3.05, 3.63) is 21.2 Å². The summed E-state index contributed by atoms with van der Waals surface area (Å²) in [5.74, 6) is 0.405. The topological polar surface area (TPSA) is 55.8 Å². The Balaban J connectivity index is 3.68. The van der Waals surface area contributed by atoms with Gasteiger partial charge in [0.15, 0.2) is 11.5 Å². The second kappa shape index (κ2) is 6.04. The van der Waals surface area contributed by atoms with Crippen LogP contribution in [0.25, 0.3) is 0 Å². The summed E-state index contributed by atoms with van der Waals surface area (Å²) >= 11 is 3.56.